The van der Waals surface area contributed by atoms with Gasteiger partial charge in [-0.2, -0.15) is 0 Å². The van der Waals surface area contributed by atoms with Crippen LogP contribution in [0.5, 0.6) is 0 Å². The fraction of sp³-hybridized carbons (Fsp3) is 1.00. The SMILES string of the molecule is C[C@@H]1CS[P@](=S)(N(C)C)S1. The molecule has 0 unspecified atom stereocenters. The van der Waals surface area contributed by atoms with Gasteiger partial charge >= 0.3 is 0 Å². The Kier molecular flexibility index (Phi) is 3.16. The minimum atomic E-state index is -1.20. The second-order valence-corrected chi connectivity index (χ2v) is 14.1. The van der Waals surface area contributed by atoms with Crippen LogP contribution in [0, 0.1) is 0 Å². The molecule has 2 atom stereocenters. The third-order valence-corrected chi connectivity index (χ3v) is 13.9. The first-order valence-electron chi connectivity index (χ1n) is 3.15. The zero-order chi connectivity index (χ0) is 7.78. The average molecular weight is 213 g/mol. The zero-order valence-corrected chi connectivity index (χ0v) is 9.75. The molecule has 0 radical (unpaired) electrons. The van der Waals surface area contributed by atoms with Crippen molar-refractivity contribution in [2.24, 2.45) is 0 Å². The molecule has 0 saturated carbocycles. The highest BCUT2D eigenvalue weighted by molar-refractivity contribution is 9.01. The largest absolute Gasteiger partial charge is 0.265 e. The van der Waals surface area contributed by atoms with Crippen LogP contribution in [0.2, 0.25) is 0 Å². The van der Waals surface area contributed by atoms with Gasteiger partial charge < -0.3 is 0 Å². The summed E-state index contributed by atoms with van der Waals surface area (Å²) in [6, 6.07) is 0. The van der Waals surface area contributed by atoms with Gasteiger partial charge in [-0.3, -0.25) is 4.67 Å². The summed E-state index contributed by atoms with van der Waals surface area (Å²) in [6.07, 6.45) is 0. The lowest BCUT2D eigenvalue weighted by Gasteiger charge is -2.21. The second-order valence-electron chi connectivity index (χ2n) is 2.53. The molecular formula is C5H12NPS3. The van der Waals surface area contributed by atoms with Crippen molar-refractivity contribution in [3.05, 3.63) is 0 Å². The van der Waals surface area contributed by atoms with Crippen molar-refractivity contribution in [2.45, 2.75) is 12.2 Å². The average Bonchev–Trinajstić information content (AvgIpc) is 2.13. The lowest BCUT2D eigenvalue weighted by molar-refractivity contribution is 0.696. The number of hydrogen-bond acceptors (Lipinski definition) is 3. The summed E-state index contributed by atoms with van der Waals surface area (Å²) in [6.45, 7) is 2.26. The van der Waals surface area contributed by atoms with Crippen molar-refractivity contribution in [1.82, 2.24) is 4.67 Å². The highest BCUT2D eigenvalue weighted by Gasteiger charge is 2.31. The Morgan fingerprint density at radius 1 is 1.60 bits per heavy atom. The molecule has 0 aliphatic carbocycles. The molecule has 60 valence electrons. The Balaban J connectivity index is 2.64. The first-order valence-corrected chi connectivity index (χ1v) is 8.98. The van der Waals surface area contributed by atoms with Crippen LogP contribution in [0.4, 0.5) is 0 Å². The van der Waals surface area contributed by atoms with E-state index in [4.69, 9.17) is 11.8 Å². The quantitative estimate of drug-likeness (QED) is 0.616. The Bertz CT molecular complexity index is 170. The predicted molar refractivity (Wildman–Crippen MR) is 57.5 cm³/mol. The fourth-order valence-corrected chi connectivity index (χ4v) is 11.7. The van der Waals surface area contributed by atoms with Crippen molar-refractivity contribution in [1.29, 1.82) is 0 Å². The van der Waals surface area contributed by atoms with Gasteiger partial charge in [0.15, 0.2) is 0 Å². The van der Waals surface area contributed by atoms with Crippen molar-refractivity contribution in [3.63, 3.8) is 0 Å². The fourth-order valence-electron chi connectivity index (χ4n) is 0.697. The highest BCUT2D eigenvalue weighted by Crippen LogP contribution is 2.76. The van der Waals surface area contributed by atoms with Crippen molar-refractivity contribution in [2.75, 3.05) is 19.8 Å². The third kappa shape index (κ3) is 1.92. The molecule has 1 heterocycles. The number of nitrogens with zero attached hydrogens (tertiary/aromatic N) is 1. The van der Waals surface area contributed by atoms with Crippen molar-refractivity contribution in [3.8, 4) is 0 Å². The molecule has 0 bridgehead atoms. The van der Waals surface area contributed by atoms with Crippen LogP contribution in [-0.2, 0) is 11.8 Å². The summed E-state index contributed by atoms with van der Waals surface area (Å²) in [5.41, 5.74) is 0. The summed E-state index contributed by atoms with van der Waals surface area (Å²) in [5.74, 6) is 1.24. The molecule has 1 fully saturated rings. The minimum Gasteiger partial charge on any atom is -0.265 e. The van der Waals surface area contributed by atoms with Crippen molar-refractivity contribution >= 4 is 39.2 Å². The van der Waals surface area contributed by atoms with Gasteiger partial charge in [-0.15, -0.1) is 0 Å². The summed E-state index contributed by atoms with van der Waals surface area (Å²) in [7, 11) is 4.19. The van der Waals surface area contributed by atoms with E-state index in [-0.39, 0.29) is 0 Å². The van der Waals surface area contributed by atoms with E-state index >= 15 is 0 Å². The molecule has 0 spiro atoms. The van der Waals surface area contributed by atoms with E-state index in [2.05, 4.69) is 25.7 Å². The maximum Gasteiger partial charge on any atom is 0.120 e. The Labute approximate surface area is 75.9 Å². The van der Waals surface area contributed by atoms with Gasteiger partial charge in [0.1, 0.15) is 4.59 Å². The first kappa shape index (κ1) is 9.40. The van der Waals surface area contributed by atoms with E-state index in [0.717, 1.165) is 5.25 Å². The molecule has 10 heavy (non-hydrogen) atoms. The molecule has 1 aliphatic rings. The van der Waals surface area contributed by atoms with Crippen LogP contribution in [0.25, 0.3) is 0 Å². The molecule has 1 saturated heterocycles. The maximum absolute atomic E-state index is 5.53. The third-order valence-electron chi connectivity index (χ3n) is 1.28. The van der Waals surface area contributed by atoms with E-state index in [9.17, 15) is 0 Å². The van der Waals surface area contributed by atoms with E-state index in [1.165, 1.54) is 5.75 Å². The summed E-state index contributed by atoms with van der Waals surface area (Å²) in [5, 5.41) is 0.762. The normalized spacial score (nSPS) is 41.0. The van der Waals surface area contributed by atoms with E-state index in [0.29, 0.717) is 0 Å². The smallest absolute Gasteiger partial charge is 0.120 e. The topological polar surface area (TPSA) is 3.24 Å². The van der Waals surface area contributed by atoms with Gasteiger partial charge in [0.05, 0.1) is 0 Å². The van der Waals surface area contributed by atoms with Crippen LogP contribution in [0.1, 0.15) is 6.92 Å². The molecule has 5 heteroatoms. The molecule has 0 amide bonds. The van der Waals surface area contributed by atoms with E-state index in [1.54, 1.807) is 0 Å². The van der Waals surface area contributed by atoms with Crippen LogP contribution >= 0.6 is 27.4 Å². The van der Waals surface area contributed by atoms with Gasteiger partial charge in [0, 0.05) is 11.0 Å². The number of hydrogen-bond donors (Lipinski definition) is 0. The lowest BCUT2D eigenvalue weighted by Crippen LogP contribution is -2.01. The molecule has 0 aromatic heterocycles. The van der Waals surface area contributed by atoms with E-state index < -0.39 is 4.59 Å². The standard InChI is InChI=1S/C5H12NPS3/c1-5-4-9-7(8,10-5)6(2)3/h5H,4H2,1-3H3/t5-,7-/m1/s1. The maximum atomic E-state index is 5.53. The van der Waals surface area contributed by atoms with Gasteiger partial charge in [0.2, 0.25) is 0 Å². The summed E-state index contributed by atoms with van der Waals surface area (Å²) in [4.78, 5) is 0. The van der Waals surface area contributed by atoms with Crippen LogP contribution in [0.15, 0.2) is 0 Å². The predicted octanol–water partition coefficient (Wildman–Crippen LogP) is 2.64. The first-order chi connectivity index (χ1) is 4.54. The second kappa shape index (κ2) is 3.36. The zero-order valence-electron chi connectivity index (χ0n) is 6.40. The van der Waals surface area contributed by atoms with Gasteiger partial charge in [-0.05, 0) is 14.1 Å². The monoisotopic (exact) mass is 213 g/mol. The molecule has 1 nitrogen and oxygen atoms in total. The van der Waals surface area contributed by atoms with Crippen molar-refractivity contribution < 1.29 is 0 Å². The highest BCUT2D eigenvalue weighted by atomic mass is 33.2. The molecule has 0 aromatic rings. The van der Waals surface area contributed by atoms with Gasteiger partial charge in [0.25, 0.3) is 0 Å². The molecule has 0 aromatic carbocycles. The van der Waals surface area contributed by atoms with Gasteiger partial charge in [-0.25, -0.2) is 0 Å². The van der Waals surface area contributed by atoms with Crippen LogP contribution in [-0.4, -0.2) is 29.8 Å². The van der Waals surface area contributed by atoms with E-state index in [1.807, 2.05) is 22.8 Å². The Morgan fingerprint density at radius 3 is 2.40 bits per heavy atom. The molecule has 1 aliphatic heterocycles. The number of rotatable bonds is 1. The summed E-state index contributed by atoms with van der Waals surface area (Å²) < 4.78 is 1.03. The molecule has 0 N–H and O–H groups in total. The molecule has 1 rings (SSSR count). The van der Waals surface area contributed by atoms with Gasteiger partial charge in [-0.1, -0.05) is 41.5 Å². The minimum absolute atomic E-state index is 0.762. The lowest BCUT2D eigenvalue weighted by atomic mass is 10.6. The molecular weight excluding hydrogens is 201 g/mol. The Hall–Kier alpha value is 1.31. The van der Waals surface area contributed by atoms with Crippen LogP contribution < -0.4 is 0 Å². The summed E-state index contributed by atoms with van der Waals surface area (Å²) >= 11 is 9.50. The van der Waals surface area contributed by atoms with Crippen LogP contribution in [0.3, 0.4) is 0 Å². The Morgan fingerprint density at radius 2 is 2.20 bits per heavy atom.